The molecule has 1 amide bonds. The molecule has 2 N–H and O–H groups in total. The first-order valence-corrected chi connectivity index (χ1v) is 6.93. The molecular formula is C14H16N2O2S. The number of thiazole rings is 1. The molecule has 1 aromatic heterocycles. The number of nitrogens with one attached hydrogen (secondary N) is 1. The summed E-state index contributed by atoms with van der Waals surface area (Å²) in [5.74, 6) is -0.0354. The van der Waals surface area contributed by atoms with Crippen molar-refractivity contribution in [3.05, 3.63) is 45.4 Å². The van der Waals surface area contributed by atoms with Crippen LogP contribution < -0.4 is 5.32 Å². The van der Waals surface area contributed by atoms with E-state index in [1.54, 1.807) is 30.4 Å². The zero-order valence-corrected chi connectivity index (χ0v) is 11.8. The lowest BCUT2D eigenvalue weighted by Crippen LogP contribution is -2.25. The molecule has 4 nitrogen and oxygen atoms in total. The van der Waals surface area contributed by atoms with Crippen molar-refractivity contribution in [1.29, 1.82) is 0 Å². The van der Waals surface area contributed by atoms with Crippen LogP contribution >= 0.6 is 11.3 Å². The second-order valence-electron chi connectivity index (χ2n) is 4.39. The van der Waals surface area contributed by atoms with Gasteiger partial charge in [-0.15, -0.1) is 11.3 Å². The smallest absolute Gasteiger partial charge is 0.251 e. The van der Waals surface area contributed by atoms with Crippen LogP contribution in [0.15, 0.2) is 23.6 Å². The number of nitrogens with zero attached hydrogens (tertiary/aromatic N) is 1. The molecule has 2 rings (SSSR count). The molecule has 0 bridgehead atoms. The maximum absolute atomic E-state index is 11.9. The average Bonchev–Trinajstić information content (AvgIpc) is 2.78. The number of benzene rings is 1. The number of carbonyl (C=O) groups excluding carboxylic acids is 1. The quantitative estimate of drug-likeness (QED) is 0.901. The van der Waals surface area contributed by atoms with Gasteiger partial charge in [0.25, 0.3) is 5.91 Å². The van der Waals surface area contributed by atoms with Crippen molar-refractivity contribution in [2.75, 3.05) is 6.54 Å². The first kappa shape index (κ1) is 13.5. The van der Waals surface area contributed by atoms with Crippen molar-refractivity contribution >= 4 is 17.2 Å². The minimum Gasteiger partial charge on any atom is -0.508 e. The molecule has 0 spiro atoms. The van der Waals surface area contributed by atoms with Gasteiger partial charge in [0.15, 0.2) is 0 Å². The van der Waals surface area contributed by atoms with Crippen LogP contribution in [0.3, 0.4) is 0 Å². The third-order valence-electron chi connectivity index (χ3n) is 2.76. The molecule has 0 saturated heterocycles. The number of aryl methyl sites for hydroxylation is 2. The summed E-state index contributed by atoms with van der Waals surface area (Å²) in [5, 5.41) is 15.4. The van der Waals surface area contributed by atoms with E-state index in [0.717, 1.165) is 22.7 Å². The number of phenols is 1. The third kappa shape index (κ3) is 3.54. The van der Waals surface area contributed by atoms with Crippen LogP contribution in [0.25, 0.3) is 0 Å². The number of hydrogen-bond donors (Lipinski definition) is 2. The highest BCUT2D eigenvalue weighted by atomic mass is 32.1. The predicted octanol–water partition coefficient (Wildman–Crippen LogP) is 2.44. The van der Waals surface area contributed by atoms with E-state index >= 15 is 0 Å². The van der Waals surface area contributed by atoms with E-state index in [0.29, 0.717) is 12.1 Å². The van der Waals surface area contributed by atoms with E-state index in [4.69, 9.17) is 0 Å². The van der Waals surface area contributed by atoms with Gasteiger partial charge in [0.05, 0.1) is 5.01 Å². The SMILES string of the molecule is Cc1csc(CCNC(=O)c2ccc(C)c(O)c2)n1. The average molecular weight is 276 g/mol. The molecular weight excluding hydrogens is 260 g/mol. The van der Waals surface area contributed by atoms with Gasteiger partial charge in [-0.3, -0.25) is 4.79 Å². The lowest BCUT2D eigenvalue weighted by atomic mass is 10.1. The molecule has 0 unspecified atom stereocenters. The van der Waals surface area contributed by atoms with E-state index in [1.165, 1.54) is 6.07 Å². The second-order valence-corrected chi connectivity index (χ2v) is 5.33. The van der Waals surface area contributed by atoms with Gasteiger partial charge in [-0.2, -0.15) is 0 Å². The van der Waals surface area contributed by atoms with Crippen LogP contribution in [0.1, 0.15) is 26.6 Å². The van der Waals surface area contributed by atoms with E-state index in [2.05, 4.69) is 10.3 Å². The fourth-order valence-electron chi connectivity index (χ4n) is 1.65. The molecule has 0 fully saturated rings. The monoisotopic (exact) mass is 276 g/mol. The van der Waals surface area contributed by atoms with E-state index < -0.39 is 0 Å². The Balaban J connectivity index is 1.89. The van der Waals surface area contributed by atoms with Crippen LogP contribution in [0.4, 0.5) is 0 Å². The largest absolute Gasteiger partial charge is 0.508 e. The summed E-state index contributed by atoms with van der Waals surface area (Å²) in [4.78, 5) is 16.2. The van der Waals surface area contributed by atoms with Gasteiger partial charge >= 0.3 is 0 Å². The number of amides is 1. The molecule has 0 aliphatic rings. The molecule has 0 saturated carbocycles. The van der Waals surface area contributed by atoms with Crippen LogP contribution in [0.2, 0.25) is 0 Å². The number of rotatable bonds is 4. The second kappa shape index (κ2) is 5.84. The third-order valence-corrected chi connectivity index (χ3v) is 3.79. The van der Waals surface area contributed by atoms with Crippen molar-refractivity contribution < 1.29 is 9.90 Å². The first-order chi connectivity index (χ1) is 9.06. The number of aromatic hydroxyl groups is 1. The summed E-state index contributed by atoms with van der Waals surface area (Å²) < 4.78 is 0. The van der Waals surface area contributed by atoms with Gasteiger partial charge in [-0.1, -0.05) is 6.07 Å². The number of hydrogen-bond acceptors (Lipinski definition) is 4. The standard InChI is InChI=1S/C14H16N2O2S/c1-9-3-4-11(7-12(9)17)14(18)15-6-5-13-16-10(2)8-19-13/h3-4,7-8,17H,5-6H2,1-2H3,(H,15,18). The topological polar surface area (TPSA) is 62.2 Å². The van der Waals surface area contributed by atoms with Gasteiger partial charge in [-0.05, 0) is 31.5 Å². The molecule has 1 aromatic carbocycles. The fraction of sp³-hybridized carbons (Fsp3) is 0.286. The van der Waals surface area contributed by atoms with Crippen molar-refractivity contribution in [3.63, 3.8) is 0 Å². The summed E-state index contributed by atoms with van der Waals surface area (Å²) in [6.07, 6.45) is 0.724. The van der Waals surface area contributed by atoms with Crippen LogP contribution in [0.5, 0.6) is 5.75 Å². The van der Waals surface area contributed by atoms with Crippen LogP contribution in [-0.2, 0) is 6.42 Å². The lowest BCUT2D eigenvalue weighted by Gasteiger charge is -2.05. The maximum Gasteiger partial charge on any atom is 0.251 e. The molecule has 1 heterocycles. The normalized spacial score (nSPS) is 10.4. The lowest BCUT2D eigenvalue weighted by molar-refractivity contribution is 0.0953. The van der Waals surface area contributed by atoms with Gasteiger partial charge in [0, 0.05) is 29.6 Å². The predicted molar refractivity (Wildman–Crippen MR) is 75.7 cm³/mol. The molecule has 0 aliphatic carbocycles. The minimum atomic E-state index is -0.177. The molecule has 0 aliphatic heterocycles. The molecule has 0 atom stereocenters. The Hall–Kier alpha value is -1.88. The van der Waals surface area contributed by atoms with E-state index in [-0.39, 0.29) is 11.7 Å². The highest BCUT2D eigenvalue weighted by Gasteiger charge is 2.07. The summed E-state index contributed by atoms with van der Waals surface area (Å²) in [5.41, 5.74) is 2.24. The Bertz CT molecular complexity index is 593. The van der Waals surface area contributed by atoms with E-state index in [9.17, 15) is 9.90 Å². The Kier molecular flexibility index (Phi) is 4.16. The molecule has 0 radical (unpaired) electrons. The van der Waals surface area contributed by atoms with Crippen molar-refractivity contribution in [2.24, 2.45) is 0 Å². The maximum atomic E-state index is 11.9. The molecule has 19 heavy (non-hydrogen) atoms. The summed E-state index contributed by atoms with van der Waals surface area (Å²) in [6.45, 7) is 4.29. The zero-order valence-electron chi connectivity index (χ0n) is 10.9. The fourth-order valence-corrected chi connectivity index (χ4v) is 2.43. The van der Waals surface area contributed by atoms with Crippen LogP contribution in [-0.4, -0.2) is 22.5 Å². The minimum absolute atomic E-state index is 0.142. The molecule has 2 aromatic rings. The number of carbonyl (C=O) groups is 1. The van der Waals surface area contributed by atoms with Gasteiger partial charge in [0.2, 0.25) is 0 Å². The van der Waals surface area contributed by atoms with Crippen molar-refractivity contribution in [1.82, 2.24) is 10.3 Å². The Morgan fingerprint density at radius 3 is 2.84 bits per heavy atom. The van der Waals surface area contributed by atoms with Gasteiger partial charge in [0.1, 0.15) is 5.75 Å². The zero-order chi connectivity index (χ0) is 13.8. The van der Waals surface area contributed by atoms with E-state index in [1.807, 2.05) is 12.3 Å². The summed E-state index contributed by atoms with van der Waals surface area (Å²) in [7, 11) is 0. The van der Waals surface area contributed by atoms with Crippen molar-refractivity contribution in [3.8, 4) is 5.75 Å². The Labute approximate surface area is 116 Å². The van der Waals surface area contributed by atoms with Gasteiger partial charge in [-0.25, -0.2) is 4.98 Å². The number of phenolic OH excluding ortho intramolecular Hbond substituents is 1. The number of aromatic nitrogens is 1. The highest BCUT2D eigenvalue weighted by Crippen LogP contribution is 2.17. The van der Waals surface area contributed by atoms with Crippen LogP contribution in [0, 0.1) is 13.8 Å². The first-order valence-electron chi connectivity index (χ1n) is 6.05. The Morgan fingerprint density at radius 1 is 1.42 bits per heavy atom. The highest BCUT2D eigenvalue weighted by molar-refractivity contribution is 7.09. The molecule has 5 heteroatoms. The van der Waals surface area contributed by atoms with Crippen molar-refractivity contribution in [2.45, 2.75) is 20.3 Å². The Morgan fingerprint density at radius 2 is 2.21 bits per heavy atom. The van der Waals surface area contributed by atoms with Gasteiger partial charge < -0.3 is 10.4 Å². The summed E-state index contributed by atoms with van der Waals surface area (Å²) in [6, 6.07) is 4.92. The summed E-state index contributed by atoms with van der Waals surface area (Å²) >= 11 is 1.60. The molecule has 100 valence electrons.